The molecule has 1 aromatic heterocycles. The summed E-state index contributed by atoms with van der Waals surface area (Å²) in [6.45, 7) is 0.874. The monoisotopic (exact) mass is 251 g/mol. The maximum atomic E-state index is 11.8. The van der Waals surface area contributed by atoms with E-state index in [2.05, 4.69) is 15.0 Å². The number of azide groups is 1. The van der Waals surface area contributed by atoms with Crippen molar-refractivity contribution in [3.8, 4) is 0 Å². The molecule has 1 fully saturated rings. The van der Waals surface area contributed by atoms with Crippen molar-refractivity contribution in [1.82, 2.24) is 4.98 Å². The highest BCUT2D eigenvalue weighted by Gasteiger charge is 2.30. The fourth-order valence-corrected chi connectivity index (χ4v) is 1.92. The highest BCUT2D eigenvalue weighted by atomic mass is 35.5. The van der Waals surface area contributed by atoms with E-state index in [4.69, 9.17) is 17.1 Å². The van der Waals surface area contributed by atoms with E-state index < -0.39 is 0 Å². The predicted molar refractivity (Wildman–Crippen MR) is 63.7 cm³/mol. The Morgan fingerprint density at radius 3 is 3.12 bits per heavy atom. The van der Waals surface area contributed by atoms with Gasteiger partial charge < -0.3 is 0 Å². The van der Waals surface area contributed by atoms with Crippen molar-refractivity contribution in [3.63, 3.8) is 0 Å². The van der Waals surface area contributed by atoms with E-state index in [1.807, 2.05) is 0 Å². The number of nitrogens with zero attached hydrogens (tertiary/aromatic N) is 5. The first-order chi connectivity index (χ1) is 8.20. The lowest BCUT2D eigenvalue weighted by atomic mass is 10.1. The lowest BCUT2D eigenvalue weighted by Crippen LogP contribution is -2.25. The van der Waals surface area contributed by atoms with Gasteiger partial charge in [0.2, 0.25) is 5.91 Å². The zero-order valence-corrected chi connectivity index (χ0v) is 9.71. The summed E-state index contributed by atoms with van der Waals surface area (Å²) in [5.74, 6) is 0.650. The first-order valence-corrected chi connectivity index (χ1v) is 5.51. The van der Waals surface area contributed by atoms with E-state index in [1.54, 1.807) is 17.0 Å². The quantitative estimate of drug-likeness (QED) is 0.469. The first kappa shape index (κ1) is 11.7. The molecule has 0 radical (unpaired) electrons. The topological polar surface area (TPSA) is 82.0 Å². The van der Waals surface area contributed by atoms with Crippen molar-refractivity contribution in [3.05, 3.63) is 33.8 Å². The van der Waals surface area contributed by atoms with E-state index in [0.717, 1.165) is 0 Å². The molecule has 1 aromatic rings. The van der Waals surface area contributed by atoms with Crippen molar-refractivity contribution in [2.75, 3.05) is 18.0 Å². The second-order valence-corrected chi connectivity index (χ2v) is 4.26. The number of carbonyl (C=O) groups is 1. The predicted octanol–water partition coefficient (Wildman–Crippen LogP) is 2.40. The highest BCUT2D eigenvalue weighted by Crippen LogP contribution is 2.24. The van der Waals surface area contributed by atoms with Crippen LogP contribution in [0.15, 0.2) is 23.4 Å². The van der Waals surface area contributed by atoms with E-state index >= 15 is 0 Å². The van der Waals surface area contributed by atoms with Crippen LogP contribution in [-0.2, 0) is 4.79 Å². The molecule has 1 amide bonds. The molecule has 1 atom stereocenters. The number of halogens is 1. The fourth-order valence-electron chi connectivity index (χ4n) is 1.80. The van der Waals surface area contributed by atoms with Crippen LogP contribution in [0.4, 0.5) is 5.82 Å². The number of aromatic nitrogens is 1. The van der Waals surface area contributed by atoms with Crippen LogP contribution in [0.5, 0.6) is 0 Å². The van der Waals surface area contributed by atoms with Crippen LogP contribution >= 0.6 is 11.6 Å². The summed E-state index contributed by atoms with van der Waals surface area (Å²) in [6, 6.07) is 3.40. The Morgan fingerprint density at radius 2 is 2.47 bits per heavy atom. The van der Waals surface area contributed by atoms with Gasteiger partial charge in [-0.2, -0.15) is 0 Å². The molecule has 7 heteroatoms. The summed E-state index contributed by atoms with van der Waals surface area (Å²) in [7, 11) is 0. The molecule has 0 spiro atoms. The highest BCUT2D eigenvalue weighted by molar-refractivity contribution is 6.30. The molecule has 0 aliphatic carbocycles. The Morgan fingerprint density at radius 1 is 1.65 bits per heavy atom. The lowest BCUT2D eigenvalue weighted by molar-refractivity contribution is -0.117. The normalized spacial score (nSPS) is 19.2. The molecular weight excluding hydrogens is 242 g/mol. The summed E-state index contributed by atoms with van der Waals surface area (Å²) >= 11 is 5.73. The third-order valence-electron chi connectivity index (χ3n) is 2.60. The van der Waals surface area contributed by atoms with Crippen LogP contribution in [0.3, 0.4) is 0 Å². The number of anilines is 1. The van der Waals surface area contributed by atoms with Gasteiger partial charge >= 0.3 is 0 Å². The van der Waals surface area contributed by atoms with Crippen molar-refractivity contribution < 1.29 is 4.79 Å². The van der Waals surface area contributed by atoms with Gasteiger partial charge in [0.1, 0.15) is 5.82 Å². The molecule has 88 valence electrons. The summed E-state index contributed by atoms with van der Waals surface area (Å²) in [4.78, 5) is 20.1. The Labute approximate surface area is 103 Å². The number of rotatable bonds is 3. The van der Waals surface area contributed by atoms with Gasteiger partial charge in [0.25, 0.3) is 0 Å². The molecule has 0 bridgehead atoms. The standard InChI is InChI=1S/C10H10ClN5O/c11-8-1-2-9(13-5-8)16-6-7(3-10(16)17)4-14-15-12/h1-2,5,7H,3-4,6H2. The molecule has 0 N–H and O–H groups in total. The molecule has 1 aliphatic heterocycles. The zero-order chi connectivity index (χ0) is 12.3. The van der Waals surface area contributed by atoms with Crippen LogP contribution < -0.4 is 4.90 Å². The minimum Gasteiger partial charge on any atom is -0.297 e. The average Bonchev–Trinajstić information content (AvgIpc) is 2.69. The minimum absolute atomic E-state index is 0.00189. The van der Waals surface area contributed by atoms with Gasteiger partial charge in [0, 0.05) is 30.6 Å². The Balaban J connectivity index is 2.10. The molecule has 2 heterocycles. The Kier molecular flexibility index (Phi) is 3.46. The maximum Gasteiger partial charge on any atom is 0.228 e. The van der Waals surface area contributed by atoms with Gasteiger partial charge in [0.05, 0.1) is 5.02 Å². The molecule has 6 nitrogen and oxygen atoms in total. The maximum absolute atomic E-state index is 11.8. The van der Waals surface area contributed by atoms with Crippen molar-refractivity contribution in [2.24, 2.45) is 11.0 Å². The van der Waals surface area contributed by atoms with Crippen molar-refractivity contribution >= 4 is 23.3 Å². The molecular formula is C10H10ClN5O. The first-order valence-electron chi connectivity index (χ1n) is 5.13. The van der Waals surface area contributed by atoms with Gasteiger partial charge in [-0.15, -0.1) is 0 Å². The van der Waals surface area contributed by atoms with Crippen LogP contribution in [0.1, 0.15) is 6.42 Å². The number of amides is 1. The summed E-state index contributed by atoms with van der Waals surface area (Å²) in [5, 5.41) is 4.02. The number of pyridine rings is 1. The van der Waals surface area contributed by atoms with E-state index in [-0.39, 0.29) is 11.8 Å². The molecule has 1 saturated heterocycles. The summed E-state index contributed by atoms with van der Waals surface area (Å²) < 4.78 is 0. The molecule has 2 rings (SSSR count). The van der Waals surface area contributed by atoms with Crippen molar-refractivity contribution in [2.45, 2.75) is 6.42 Å². The van der Waals surface area contributed by atoms with Gasteiger partial charge in [-0.25, -0.2) is 4.98 Å². The molecule has 0 saturated carbocycles. The molecule has 1 unspecified atom stereocenters. The number of hydrogen-bond donors (Lipinski definition) is 0. The number of carbonyl (C=O) groups excluding carboxylic acids is 1. The Hall–Kier alpha value is -1.78. The molecule has 1 aliphatic rings. The second-order valence-electron chi connectivity index (χ2n) is 3.82. The third-order valence-corrected chi connectivity index (χ3v) is 2.82. The molecule has 17 heavy (non-hydrogen) atoms. The summed E-state index contributed by atoms with van der Waals surface area (Å²) in [6.07, 6.45) is 1.90. The summed E-state index contributed by atoms with van der Waals surface area (Å²) in [5.41, 5.74) is 8.24. The minimum atomic E-state index is -0.00189. The largest absolute Gasteiger partial charge is 0.297 e. The van der Waals surface area contributed by atoms with Gasteiger partial charge in [-0.05, 0) is 23.6 Å². The second kappa shape index (κ2) is 5.03. The van der Waals surface area contributed by atoms with Gasteiger partial charge in [0.15, 0.2) is 0 Å². The Bertz CT molecular complexity index is 468. The third kappa shape index (κ3) is 2.67. The number of hydrogen-bond acceptors (Lipinski definition) is 3. The van der Waals surface area contributed by atoms with Gasteiger partial charge in [-0.3, -0.25) is 9.69 Å². The molecule has 0 aromatic carbocycles. The smallest absolute Gasteiger partial charge is 0.228 e. The van der Waals surface area contributed by atoms with Crippen LogP contribution in [0.25, 0.3) is 10.4 Å². The zero-order valence-electron chi connectivity index (χ0n) is 8.95. The van der Waals surface area contributed by atoms with Gasteiger partial charge in [-0.1, -0.05) is 16.7 Å². The van der Waals surface area contributed by atoms with E-state index in [9.17, 15) is 4.79 Å². The van der Waals surface area contributed by atoms with E-state index in [1.165, 1.54) is 6.20 Å². The van der Waals surface area contributed by atoms with Crippen LogP contribution in [0.2, 0.25) is 5.02 Å². The van der Waals surface area contributed by atoms with Crippen LogP contribution in [0, 0.1) is 5.92 Å². The van der Waals surface area contributed by atoms with Crippen LogP contribution in [-0.4, -0.2) is 24.0 Å². The van der Waals surface area contributed by atoms with Crippen molar-refractivity contribution in [1.29, 1.82) is 0 Å². The fraction of sp³-hybridized carbons (Fsp3) is 0.400. The lowest BCUT2D eigenvalue weighted by Gasteiger charge is -2.14. The average molecular weight is 252 g/mol. The van der Waals surface area contributed by atoms with E-state index in [0.29, 0.717) is 30.4 Å². The SMILES string of the molecule is [N-]=[N+]=NCC1CC(=O)N(c2ccc(Cl)cn2)C1.